The van der Waals surface area contributed by atoms with Gasteiger partial charge in [-0.15, -0.1) is 0 Å². The molecule has 0 saturated heterocycles. The molecule has 2 N–H and O–H groups in total. The van der Waals surface area contributed by atoms with Gasteiger partial charge < -0.3 is 10.4 Å². The first-order valence-corrected chi connectivity index (χ1v) is 5.09. The number of carboxylic acids is 1. The fraction of sp³-hybridized carbons (Fsp3) is 0. The van der Waals surface area contributed by atoms with E-state index in [4.69, 9.17) is 5.11 Å². The smallest absolute Gasteiger partial charge is 0.354 e. The third-order valence-electron chi connectivity index (χ3n) is 2.29. The maximum absolute atomic E-state index is 13.4. The van der Waals surface area contributed by atoms with Gasteiger partial charge in [0.05, 0.1) is 5.69 Å². The van der Waals surface area contributed by atoms with Crippen molar-refractivity contribution in [1.82, 2.24) is 4.98 Å². The average Bonchev–Trinajstić information content (AvgIpc) is 2.40. The highest BCUT2D eigenvalue weighted by atomic mass is 19.2. The van der Waals surface area contributed by atoms with Crippen molar-refractivity contribution in [1.29, 1.82) is 0 Å². The zero-order chi connectivity index (χ0) is 14.0. The zero-order valence-electron chi connectivity index (χ0n) is 9.32. The molecule has 0 saturated carbocycles. The Morgan fingerprint density at radius 1 is 1.16 bits per heavy atom. The van der Waals surface area contributed by atoms with E-state index in [0.29, 0.717) is 0 Å². The molecule has 2 rings (SSSR count). The van der Waals surface area contributed by atoms with Gasteiger partial charge in [-0.1, -0.05) is 0 Å². The summed E-state index contributed by atoms with van der Waals surface area (Å²) in [6, 6.07) is 4.28. The molecule has 0 fully saturated rings. The van der Waals surface area contributed by atoms with Gasteiger partial charge in [0.1, 0.15) is 5.69 Å². The van der Waals surface area contributed by atoms with E-state index in [1.165, 1.54) is 12.3 Å². The molecule has 0 unspecified atom stereocenters. The van der Waals surface area contributed by atoms with Crippen LogP contribution in [-0.2, 0) is 0 Å². The van der Waals surface area contributed by atoms with Gasteiger partial charge in [-0.25, -0.2) is 22.9 Å². The van der Waals surface area contributed by atoms with E-state index >= 15 is 0 Å². The molecule has 19 heavy (non-hydrogen) atoms. The van der Waals surface area contributed by atoms with E-state index in [1.807, 2.05) is 0 Å². The number of aromatic carboxylic acids is 1. The zero-order valence-corrected chi connectivity index (χ0v) is 9.32. The van der Waals surface area contributed by atoms with Crippen LogP contribution in [0.25, 0.3) is 0 Å². The van der Waals surface area contributed by atoms with Crippen molar-refractivity contribution >= 4 is 17.3 Å². The molecule has 0 aliphatic carbocycles. The minimum absolute atomic E-state index is 0.192. The molecular weight excluding hydrogens is 261 g/mol. The van der Waals surface area contributed by atoms with Crippen LogP contribution in [0.1, 0.15) is 10.5 Å². The molecule has 0 aliphatic heterocycles. The SMILES string of the molecule is O=C(O)c1cc(Nc2ccc(F)c(F)c2F)ccn1. The Hall–Kier alpha value is -2.57. The maximum Gasteiger partial charge on any atom is 0.354 e. The Balaban J connectivity index is 2.34. The Morgan fingerprint density at radius 2 is 1.89 bits per heavy atom. The summed E-state index contributed by atoms with van der Waals surface area (Å²) in [5.74, 6) is -5.54. The van der Waals surface area contributed by atoms with Crippen molar-refractivity contribution in [3.63, 3.8) is 0 Å². The minimum Gasteiger partial charge on any atom is -0.477 e. The molecule has 0 radical (unpaired) electrons. The van der Waals surface area contributed by atoms with E-state index in [-0.39, 0.29) is 17.1 Å². The quantitative estimate of drug-likeness (QED) is 0.840. The molecule has 0 atom stereocenters. The highest BCUT2D eigenvalue weighted by Gasteiger charge is 2.14. The second-order valence-electron chi connectivity index (χ2n) is 3.58. The molecule has 1 heterocycles. The van der Waals surface area contributed by atoms with Crippen molar-refractivity contribution in [3.8, 4) is 0 Å². The number of rotatable bonds is 3. The number of pyridine rings is 1. The molecule has 98 valence electrons. The van der Waals surface area contributed by atoms with Crippen LogP contribution in [0.15, 0.2) is 30.5 Å². The number of carbonyl (C=O) groups is 1. The molecule has 2 aromatic rings. The summed E-state index contributed by atoms with van der Waals surface area (Å²) in [7, 11) is 0. The number of nitrogens with zero attached hydrogens (tertiary/aromatic N) is 1. The Labute approximate surface area is 105 Å². The van der Waals surface area contributed by atoms with Crippen molar-refractivity contribution < 1.29 is 23.1 Å². The number of benzene rings is 1. The number of halogens is 3. The normalized spacial score (nSPS) is 10.3. The molecule has 7 heteroatoms. The fourth-order valence-electron chi connectivity index (χ4n) is 1.40. The van der Waals surface area contributed by atoms with Crippen LogP contribution in [0.3, 0.4) is 0 Å². The summed E-state index contributed by atoms with van der Waals surface area (Å²) >= 11 is 0. The summed E-state index contributed by atoms with van der Waals surface area (Å²) in [5.41, 5.74) is -0.369. The third-order valence-corrected chi connectivity index (χ3v) is 2.29. The maximum atomic E-state index is 13.4. The Morgan fingerprint density at radius 3 is 2.58 bits per heavy atom. The van der Waals surface area contributed by atoms with Crippen molar-refractivity contribution in [2.45, 2.75) is 0 Å². The minimum atomic E-state index is -1.60. The van der Waals surface area contributed by atoms with Gasteiger partial charge in [-0.05, 0) is 24.3 Å². The number of aromatic nitrogens is 1. The van der Waals surface area contributed by atoms with E-state index in [9.17, 15) is 18.0 Å². The monoisotopic (exact) mass is 268 g/mol. The van der Waals surface area contributed by atoms with Gasteiger partial charge in [0.25, 0.3) is 0 Å². The fourth-order valence-corrected chi connectivity index (χ4v) is 1.40. The van der Waals surface area contributed by atoms with Gasteiger partial charge in [-0.2, -0.15) is 0 Å². The van der Waals surface area contributed by atoms with Gasteiger partial charge in [0, 0.05) is 11.9 Å². The molecule has 1 aromatic carbocycles. The van der Waals surface area contributed by atoms with Crippen LogP contribution in [0.4, 0.5) is 24.5 Å². The van der Waals surface area contributed by atoms with Crippen LogP contribution >= 0.6 is 0 Å². The summed E-state index contributed by atoms with van der Waals surface area (Å²) in [5, 5.41) is 11.2. The Kier molecular flexibility index (Phi) is 3.37. The van der Waals surface area contributed by atoms with E-state index in [0.717, 1.165) is 18.2 Å². The second-order valence-corrected chi connectivity index (χ2v) is 3.58. The lowest BCUT2D eigenvalue weighted by atomic mass is 10.2. The lowest BCUT2D eigenvalue weighted by molar-refractivity contribution is 0.0690. The van der Waals surface area contributed by atoms with E-state index < -0.39 is 23.4 Å². The van der Waals surface area contributed by atoms with Crippen LogP contribution in [-0.4, -0.2) is 16.1 Å². The van der Waals surface area contributed by atoms with Gasteiger partial charge in [-0.3, -0.25) is 0 Å². The first-order valence-electron chi connectivity index (χ1n) is 5.09. The number of anilines is 2. The lowest BCUT2D eigenvalue weighted by Crippen LogP contribution is -2.02. The molecule has 0 bridgehead atoms. The summed E-state index contributed by atoms with van der Waals surface area (Å²) in [6.45, 7) is 0. The van der Waals surface area contributed by atoms with Gasteiger partial charge in [0.15, 0.2) is 17.5 Å². The molecular formula is C12H7F3N2O2. The van der Waals surface area contributed by atoms with Crippen molar-refractivity contribution in [2.24, 2.45) is 0 Å². The third kappa shape index (κ3) is 2.65. The molecule has 0 aliphatic rings. The van der Waals surface area contributed by atoms with Crippen LogP contribution in [0, 0.1) is 17.5 Å². The second kappa shape index (κ2) is 4.97. The van der Waals surface area contributed by atoms with Crippen LogP contribution in [0.5, 0.6) is 0 Å². The van der Waals surface area contributed by atoms with Crippen LogP contribution in [0.2, 0.25) is 0 Å². The van der Waals surface area contributed by atoms with E-state index in [1.54, 1.807) is 0 Å². The van der Waals surface area contributed by atoms with E-state index in [2.05, 4.69) is 10.3 Å². The molecule has 1 aromatic heterocycles. The lowest BCUT2D eigenvalue weighted by Gasteiger charge is -2.08. The number of nitrogens with one attached hydrogen (secondary N) is 1. The predicted octanol–water partition coefficient (Wildman–Crippen LogP) is 2.94. The summed E-state index contributed by atoms with van der Waals surface area (Å²) in [4.78, 5) is 14.3. The van der Waals surface area contributed by atoms with Gasteiger partial charge >= 0.3 is 5.97 Å². The first-order chi connectivity index (χ1) is 8.99. The highest BCUT2D eigenvalue weighted by molar-refractivity contribution is 5.86. The summed E-state index contributed by atoms with van der Waals surface area (Å²) in [6.07, 6.45) is 1.20. The number of hydrogen-bond donors (Lipinski definition) is 2. The number of hydrogen-bond acceptors (Lipinski definition) is 3. The molecule has 4 nitrogen and oxygen atoms in total. The number of carboxylic acid groups (broad SMARTS) is 1. The standard InChI is InChI=1S/C12H7F3N2O2/c13-7-1-2-8(11(15)10(7)14)17-6-3-4-16-9(5-6)12(18)19/h1-5H,(H,16,17)(H,18,19). The van der Waals surface area contributed by atoms with Crippen LogP contribution < -0.4 is 5.32 Å². The Bertz CT molecular complexity index is 647. The van der Waals surface area contributed by atoms with Gasteiger partial charge in [0.2, 0.25) is 0 Å². The van der Waals surface area contributed by atoms with Crippen molar-refractivity contribution in [2.75, 3.05) is 5.32 Å². The topological polar surface area (TPSA) is 62.2 Å². The average molecular weight is 268 g/mol. The van der Waals surface area contributed by atoms with Crippen molar-refractivity contribution in [3.05, 3.63) is 53.6 Å². The largest absolute Gasteiger partial charge is 0.477 e. The molecule has 0 amide bonds. The summed E-state index contributed by atoms with van der Waals surface area (Å²) < 4.78 is 39.1. The first kappa shape index (κ1) is 12.9. The predicted molar refractivity (Wildman–Crippen MR) is 60.8 cm³/mol. The highest BCUT2D eigenvalue weighted by Crippen LogP contribution is 2.23. The molecule has 0 spiro atoms.